The molecule has 0 amide bonds. The molecule has 0 aliphatic rings. The maximum Gasteiger partial charge on any atom is 0.253 e. The standard InChI is InChI=1S/C20H22N2O/c1-12-6-5-7-18(14(12)3)21-11-17-10-16-9-8-13(2)15(4)19(16)22-20(17)23/h5-10,21H,11H2,1-4H3,(H,22,23). The maximum absolute atomic E-state index is 12.4. The summed E-state index contributed by atoms with van der Waals surface area (Å²) in [4.78, 5) is 15.4. The van der Waals surface area contributed by atoms with E-state index in [1.165, 1.54) is 16.7 Å². The maximum atomic E-state index is 12.4. The molecule has 0 radical (unpaired) electrons. The second-order valence-corrected chi connectivity index (χ2v) is 6.20. The summed E-state index contributed by atoms with van der Waals surface area (Å²) in [7, 11) is 0. The smallest absolute Gasteiger partial charge is 0.253 e. The van der Waals surface area contributed by atoms with Crippen LogP contribution in [-0.4, -0.2) is 4.98 Å². The molecule has 0 spiro atoms. The first-order valence-electron chi connectivity index (χ1n) is 7.89. The molecule has 0 saturated heterocycles. The van der Waals surface area contributed by atoms with Gasteiger partial charge in [0, 0.05) is 17.8 Å². The monoisotopic (exact) mass is 306 g/mol. The average molecular weight is 306 g/mol. The van der Waals surface area contributed by atoms with Gasteiger partial charge in [-0.2, -0.15) is 0 Å². The number of hydrogen-bond acceptors (Lipinski definition) is 2. The van der Waals surface area contributed by atoms with Crippen LogP contribution in [-0.2, 0) is 6.54 Å². The molecule has 3 rings (SSSR count). The number of fused-ring (bicyclic) bond motifs is 1. The number of nitrogens with one attached hydrogen (secondary N) is 2. The van der Waals surface area contributed by atoms with Gasteiger partial charge in [0.1, 0.15) is 0 Å². The van der Waals surface area contributed by atoms with Crippen LogP contribution in [0.4, 0.5) is 5.69 Å². The van der Waals surface area contributed by atoms with Crippen molar-refractivity contribution in [3.63, 3.8) is 0 Å². The van der Waals surface area contributed by atoms with E-state index in [9.17, 15) is 4.79 Å². The Morgan fingerprint density at radius 1 is 0.957 bits per heavy atom. The third-order valence-electron chi connectivity index (χ3n) is 4.70. The van der Waals surface area contributed by atoms with Crippen molar-refractivity contribution in [3.8, 4) is 0 Å². The van der Waals surface area contributed by atoms with Crippen molar-refractivity contribution in [2.75, 3.05) is 5.32 Å². The Morgan fingerprint density at radius 2 is 1.70 bits per heavy atom. The van der Waals surface area contributed by atoms with E-state index in [0.29, 0.717) is 6.54 Å². The minimum absolute atomic E-state index is 0.0241. The SMILES string of the molecule is Cc1cccc(NCc2cc3ccc(C)c(C)c3[nH]c2=O)c1C. The molecule has 23 heavy (non-hydrogen) atoms. The topological polar surface area (TPSA) is 44.9 Å². The van der Waals surface area contributed by atoms with E-state index < -0.39 is 0 Å². The quantitative estimate of drug-likeness (QED) is 0.754. The molecule has 0 bridgehead atoms. The Morgan fingerprint density at radius 3 is 2.48 bits per heavy atom. The Bertz CT molecular complexity index is 938. The molecule has 3 nitrogen and oxygen atoms in total. The fraction of sp³-hybridized carbons (Fsp3) is 0.250. The molecule has 0 atom stereocenters. The highest BCUT2D eigenvalue weighted by atomic mass is 16.1. The molecule has 3 heteroatoms. The number of hydrogen-bond donors (Lipinski definition) is 2. The highest BCUT2D eigenvalue weighted by Gasteiger charge is 2.07. The first-order valence-corrected chi connectivity index (χ1v) is 7.89. The number of pyridine rings is 1. The van der Waals surface area contributed by atoms with Crippen LogP contribution < -0.4 is 10.9 Å². The highest BCUT2D eigenvalue weighted by molar-refractivity contribution is 5.83. The number of aryl methyl sites for hydroxylation is 3. The van der Waals surface area contributed by atoms with Gasteiger partial charge in [0.15, 0.2) is 0 Å². The van der Waals surface area contributed by atoms with Gasteiger partial charge in [-0.3, -0.25) is 4.79 Å². The van der Waals surface area contributed by atoms with Crippen LogP contribution in [0.3, 0.4) is 0 Å². The van der Waals surface area contributed by atoms with Crippen LogP contribution in [0, 0.1) is 27.7 Å². The largest absolute Gasteiger partial charge is 0.381 e. The molecule has 3 aromatic rings. The first-order chi connectivity index (χ1) is 11.0. The van der Waals surface area contributed by atoms with E-state index in [4.69, 9.17) is 0 Å². The van der Waals surface area contributed by atoms with Gasteiger partial charge in [0.2, 0.25) is 0 Å². The molecule has 2 N–H and O–H groups in total. The Kier molecular flexibility index (Phi) is 3.95. The highest BCUT2D eigenvalue weighted by Crippen LogP contribution is 2.21. The summed E-state index contributed by atoms with van der Waals surface area (Å²) in [5.74, 6) is 0. The summed E-state index contributed by atoms with van der Waals surface area (Å²) >= 11 is 0. The molecular formula is C20H22N2O. The normalized spacial score (nSPS) is 11.0. The van der Waals surface area contributed by atoms with E-state index in [1.54, 1.807) is 0 Å². The molecule has 0 aliphatic heterocycles. The van der Waals surface area contributed by atoms with Crippen LogP contribution in [0.2, 0.25) is 0 Å². The number of rotatable bonds is 3. The predicted octanol–water partition coefficient (Wildman–Crippen LogP) is 4.37. The summed E-state index contributed by atoms with van der Waals surface area (Å²) in [5, 5.41) is 4.46. The molecule has 0 aliphatic carbocycles. The van der Waals surface area contributed by atoms with Crippen LogP contribution >= 0.6 is 0 Å². The molecule has 118 valence electrons. The van der Waals surface area contributed by atoms with Crippen molar-refractivity contribution in [2.45, 2.75) is 34.2 Å². The Hall–Kier alpha value is -2.55. The van der Waals surface area contributed by atoms with Crippen LogP contribution in [0.25, 0.3) is 10.9 Å². The molecule has 0 saturated carbocycles. The average Bonchev–Trinajstić information content (AvgIpc) is 2.53. The fourth-order valence-electron chi connectivity index (χ4n) is 2.83. The third-order valence-corrected chi connectivity index (χ3v) is 4.70. The number of aromatic nitrogens is 1. The van der Waals surface area contributed by atoms with Gasteiger partial charge in [-0.15, -0.1) is 0 Å². The second kappa shape index (κ2) is 5.92. The van der Waals surface area contributed by atoms with Gasteiger partial charge in [-0.05, 0) is 67.5 Å². The second-order valence-electron chi connectivity index (χ2n) is 6.20. The minimum Gasteiger partial charge on any atom is -0.381 e. The summed E-state index contributed by atoms with van der Waals surface area (Å²) in [6, 6.07) is 12.3. The number of aromatic amines is 1. The van der Waals surface area contributed by atoms with Gasteiger partial charge in [0.05, 0.1) is 5.52 Å². The van der Waals surface area contributed by atoms with Gasteiger partial charge in [-0.25, -0.2) is 0 Å². The van der Waals surface area contributed by atoms with E-state index in [-0.39, 0.29) is 5.56 Å². The van der Waals surface area contributed by atoms with Crippen LogP contribution in [0.15, 0.2) is 41.2 Å². The summed E-state index contributed by atoms with van der Waals surface area (Å²) in [6.45, 7) is 8.80. The number of H-pyrrole nitrogens is 1. The van der Waals surface area contributed by atoms with E-state index in [2.05, 4.69) is 49.3 Å². The lowest BCUT2D eigenvalue weighted by atomic mass is 10.0. The Labute approximate surface area is 136 Å². The van der Waals surface area contributed by atoms with Crippen molar-refractivity contribution in [1.29, 1.82) is 0 Å². The van der Waals surface area contributed by atoms with E-state index in [0.717, 1.165) is 27.7 Å². The third kappa shape index (κ3) is 2.87. The molecule has 1 heterocycles. The van der Waals surface area contributed by atoms with Gasteiger partial charge >= 0.3 is 0 Å². The summed E-state index contributed by atoms with van der Waals surface area (Å²) in [5.41, 5.74) is 7.52. The fourth-order valence-corrected chi connectivity index (χ4v) is 2.83. The zero-order chi connectivity index (χ0) is 16.6. The molecular weight excluding hydrogens is 284 g/mol. The van der Waals surface area contributed by atoms with E-state index >= 15 is 0 Å². The molecule has 2 aromatic carbocycles. The van der Waals surface area contributed by atoms with Crippen molar-refractivity contribution in [1.82, 2.24) is 4.98 Å². The van der Waals surface area contributed by atoms with Crippen molar-refractivity contribution in [3.05, 3.63) is 74.6 Å². The molecule has 0 fully saturated rings. The van der Waals surface area contributed by atoms with Crippen LogP contribution in [0.1, 0.15) is 27.8 Å². The number of benzene rings is 2. The number of anilines is 1. The van der Waals surface area contributed by atoms with Crippen molar-refractivity contribution in [2.24, 2.45) is 0 Å². The lowest BCUT2D eigenvalue weighted by Gasteiger charge is -2.12. The van der Waals surface area contributed by atoms with Crippen LogP contribution in [0.5, 0.6) is 0 Å². The van der Waals surface area contributed by atoms with Crippen molar-refractivity contribution < 1.29 is 0 Å². The minimum atomic E-state index is -0.0241. The van der Waals surface area contributed by atoms with Gasteiger partial charge in [0.25, 0.3) is 5.56 Å². The lowest BCUT2D eigenvalue weighted by Crippen LogP contribution is -2.16. The first kappa shape index (κ1) is 15.3. The zero-order valence-electron chi connectivity index (χ0n) is 14.1. The van der Waals surface area contributed by atoms with Gasteiger partial charge < -0.3 is 10.3 Å². The molecule has 1 aromatic heterocycles. The Balaban J connectivity index is 1.95. The van der Waals surface area contributed by atoms with E-state index in [1.807, 2.05) is 25.1 Å². The summed E-state index contributed by atoms with van der Waals surface area (Å²) in [6.07, 6.45) is 0. The van der Waals surface area contributed by atoms with Gasteiger partial charge in [-0.1, -0.05) is 24.3 Å². The summed E-state index contributed by atoms with van der Waals surface area (Å²) < 4.78 is 0. The predicted molar refractivity (Wildman–Crippen MR) is 97.3 cm³/mol. The van der Waals surface area contributed by atoms with Crippen molar-refractivity contribution >= 4 is 16.6 Å². The zero-order valence-corrected chi connectivity index (χ0v) is 14.1. The lowest BCUT2D eigenvalue weighted by molar-refractivity contribution is 1.08. The molecule has 0 unspecified atom stereocenters.